The van der Waals surface area contributed by atoms with Gasteiger partial charge in [-0.3, -0.25) is 0 Å². The fourth-order valence-electron chi connectivity index (χ4n) is 1.91. The third kappa shape index (κ3) is 0.886. The summed E-state index contributed by atoms with van der Waals surface area (Å²) in [6.45, 7) is 2.06. The van der Waals surface area contributed by atoms with Gasteiger partial charge in [0, 0.05) is 12.8 Å². The Balaban J connectivity index is 2.03. The lowest BCUT2D eigenvalue weighted by Gasteiger charge is -2.35. The molecule has 68 valence electrons. The molecule has 0 N–H and O–H groups in total. The highest BCUT2D eigenvalue weighted by molar-refractivity contribution is 5.48. The monoisotopic (exact) mass is 176 g/mol. The van der Waals surface area contributed by atoms with Gasteiger partial charge in [0.05, 0.1) is 0 Å². The molecular formula is C11H12O2. The molecule has 2 heteroatoms. The molecule has 0 radical (unpaired) electrons. The van der Waals surface area contributed by atoms with Crippen molar-refractivity contribution in [2.75, 3.05) is 0 Å². The van der Waals surface area contributed by atoms with Crippen LogP contribution in [0, 0.1) is 6.92 Å². The van der Waals surface area contributed by atoms with Gasteiger partial charge in [-0.1, -0.05) is 12.1 Å². The molecule has 0 atom stereocenters. The van der Waals surface area contributed by atoms with Gasteiger partial charge >= 0.3 is 0 Å². The van der Waals surface area contributed by atoms with Crippen LogP contribution in [0.3, 0.4) is 0 Å². The van der Waals surface area contributed by atoms with Crippen LogP contribution in [0.15, 0.2) is 18.2 Å². The molecule has 1 aromatic carbocycles. The minimum atomic E-state index is -0.283. The number of para-hydroxylation sites is 1. The Kier molecular flexibility index (Phi) is 1.22. The van der Waals surface area contributed by atoms with E-state index < -0.39 is 0 Å². The van der Waals surface area contributed by atoms with Crippen LogP contribution >= 0.6 is 0 Å². The zero-order chi connectivity index (χ0) is 8.89. The fraction of sp³-hybridized carbons (Fsp3) is 0.455. The van der Waals surface area contributed by atoms with Crippen LogP contribution in [-0.2, 0) is 0 Å². The maximum atomic E-state index is 5.84. The predicted octanol–water partition coefficient (Wildman–Crippen LogP) is 2.65. The van der Waals surface area contributed by atoms with E-state index in [-0.39, 0.29) is 5.79 Å². The highest BCUT2D eigenvalue weighted by Crippen LogP contribution is 2.49. The summed E-state index contributed by atoms with van der Waals surface area (Å²) in [7, 11) is 0. The molecule has 2 aliphatic rings. The van der Waals surface area contributed by atoms with E-state index >= 15 is 0 Å². The Bertz CT molecular complexity index is 353. The van der Waals surface area contributed by atoms with E-state index in [2.05, 4.69) is 13.0 Å². The van der Waals surface area contributed by atoms with Gasteiger partial charge in [-0.2, -0.15) is 0 Å². The van der Waals surface area contributed by atoms with Crippen LogP contribution in [0.1, 0.15) is 24.8 Å². The van der Waals surface area contributed by atoms with E-state index in [1.54, 1.807) is 0 Å². The van der Waals surface area contributed by atoms with Crippen molar-refractivity contribution in [2.24, 2.45) is 0 Å². The molecule has 0 amide bonds. The maximum absolute atomic E-state index is 5.84. The quantitative estimate of drug-likeness (QED) is 0.605. The van der Waals surface area contributed by atoms with Crippen molar-refractivity contribution in [3.63, 3.8) is 0 Å². The van der Waals surface area contributed by atoms with Gasteiger partial charge in [0.25, 0.3) is 5.79 Å². The molecule has 1 heterocycles. The molecule has 1 fully saturated rings. The van der Waals surface area contributed by atoms with Gasteiger partial charge in [-0.05, 0) is 25.0 Å². The molecular weight excluding hydrogens is 164 g/mol. The smallest absolute Gasteiger partial charge is 0.251 e. The molecule has 1 aliphatic carbocycles. The number of ether oxygens (including phenoxy) is 2. The van der Waals surface area contributed by atoms with E-state index in [1.165, 1.54) is 12.0 Å². The number of rotatable bonds is 0. The number of benzene rings is 1. The topological polar surface area (TPSA) is 18.5 Å². The minimum absolute atomic E-state index is 0.283. The van der Waals surface area contributed by atoms with Crippen LogP contribution < -0.4 is 9.47 Å². The Labute approximate surface area is 77.5 Å². The van der Waals surface area contributed by atoms with Gasteiger partial charge < -0.3 is 9.47 Å². The normalized spacial score (nSPS) is 21.6. The summed E-state index contributed by atoms with van der Waals surface area (Å²) in [5.74, 6) is 1.58. The van der Waals surface area contributed by atoms with Crippen molar-refractivity contribution in [1.82, 2.24) is 0 Å². The lowest BCUT2D eigenvalue weighted by Crippen LogP contribution is -2.45. The summed E-state index contributed by atoms with van der Waals surface area (Å²) in [5, 5.41) is 0. The molecule has 1 aromatic rings. The Morgan fingerprint density at radius 1 is 1.23 bits per heavy atom. The van der Waals surface area contributed by atoms with Gasteiger partial charge in [-0.25, -0.2) is 0 Å². The summed E-state index contributed by atoms with van der Waals surface area (Å²) in [6.07, 6.45) is 3.27. The number of hydrogen-bond donors (Lipinski definition) is 0. The average Bonchev–Trinajstić information content (AvgIpc) is 2.44. The van der Waals surface area contributed by atoms with Crippen LogP contribution in [-0.4, -0.2) is 5.79 Å². The first kappa shape index (κ1) is 7.25. The standard InChI is InChI=1S/C11H12O2/c1-8-4-2-5-9-10(8)13-11(12-9)6-3-7-11/h2,4-5H,3,6-7H2,1H3. The highest BCUT2D eigenvalue weighted by Gasteiger charge is 2.47. The number of fused-ring (bicyclic) bond motifs is 1. The van der Waals surface area contributed by atoms with Crippen LogP contribution in [0.25, 0.3) is 0 Å². The largest absolute Gasteiger partial charge is 0.448 e. The Hall–Kier alpha value is -1.18. The van der Waals surface area contributed by atoms with E-state index in [4.69, 9.17) is 9.47 Å². The van der Waals surface area contributed by atoms with Crippen molar-refractivity contribution >= 4 is 0 Å². The van der Waals surface area contributed by atoms with E-state index in [0.29, 0.717) is 0 Å². The molecule has 1 spiro atoms. The molecule has 1 aliphatic heterocycles. The van der Waals surface area contributed by atoms with Gasteiger partial charge in [0.1, 0.15) is 0 Å². The summed E-state index contributed by atoms with van der Waals surface area (Å²) in [4.78, 5) is 0. The van der Waals surface area contributed by atoms with Crippen LogP contribution in [0.5, 0.6) is 11.5 Å². The zero-order valence-corrected chi connectivity index (χ0v) is 7.67. The minimum Gasteiger partial charge on any atom is -0.448 e. The summed E-state index contributed by atoms with van der Waals surface area (Å²) < 4.78 is 11.6. The number of aryl methyl sites for hydroxylation is 1. The molecule has 1 saturated carbocycles. The SMILES string of the molecule is Cc1cccc2c1OC1(CCC1)O2. The number of hydrogen-bond acceptors (Lipinski definition) is 2. The molecule has 0 saturated heterocycles. The summed E-state index contributed by atoms with van der Waals surface area (Å²) >= 11 is 0. The second-order valence-corrected chi connectivity index (χ2v) is 3.87. The van der Waals surface area contributed by atoms with E-state index in [1.807, 2.05) is 12.1 Å². The van der Waals surface area contributed by atoms with E-state index in [9.17, 15) is 0 Å². The highest BCUT2D eigenvalue weighted by atomic mass is 16.7. The van der Waals surface area contributed by atoms with Crippen molar-refractivity contribution in [3.8, 4) is 11.5 Å². The first-order chi connectivity index (χ1) is 6.29. The van der Waals surface area contributed by atoms with Gasteiger partial charge in [-0.15, -0.1) is 0 Å². The zero-order valence-electron chi connectivity index (χ0n) is 7.67. The molecule has 0 unspecified atom stereocenters. The van der Waals surface area contributed by atoms with Crippen molar-refractivity contribution < 1.29 is 9.47 Å². The fourth-order valence-corrected chi connectivity index (χ4v) is 1.91. The molecule has 0 aromatic heterocycles. The third-order valence-electron chi connectivity index (χ3n) is 2.88. The Morgan fingerprint density at radius 2 is 2.08 bits per heavy atom. The average molecular weight is 176 g/mol. The summed E-state index contributed by atoms with van der Waals surface area (Å²) in [6, 6.07) is 6.05. The first-order valence-electron chi connectivity index (χ1n) is 4.77. The molecule has 13 heavy (non-hydrogen) atoms. The lowest BCUT2D eigenvalue weighted by atomic mass is 9.91. The van der Waals surface area contributed by atoms with Crippen LogP contribution in [0.4, 0.5) is 0 Å². The Morgan fingerprint density at radius 3 is 2.69 bits per heavy atom. The molecule has 2 nitrogen and oxygen atoms in total. The van der Waals surface area contributed by atoms with E-state index in [0.717, 1.165) is 24.3 Å². The van der Waals surface area contributed by atoms with Crippen LogP contribution in [0.2, 0.25) is 0 Å². The second kappa shape index (κ2) is 2.19. The predicted molar refractivity (Wildman–Crippen MR) is 49.0 cm³/mol. The molecule has 3 rings (SSSR count). The van der Waals surface area contributed by atoms with Crippen molar-refractivity contribution in [2.45, 2.75) is 32.0 Å². The first-order valence-corrected chi connectivity index (χ1v) is 4.77. The van der Waals surface area contributed by atoms with Crippen molar-refractivity contribution in [3.05, 3.63) is 23.8 Å². The lowest BCUT2D eigenvalue weighted by molar-refractivity contribution is -0.138. The molecule has 0 bridgehead atoms. The summed E-state index contributed by atoms with van der Waals surface area (Å²) in [5.41, 5.74) is 1.17. The van der Waals surface area contributed by atoms with Gasteiger partial charge in [0.2, 0.25) is 0 Å². The third-order valence-corrected chi connectivity index (χ3v) is 2.88. The maximum Gasteiger partial charge on any atom is 0.251 e. The van der Waals surface area contributed by atoms with Gasteiger partial charge in [0.15, 0.2) is 11.5 Å². The second-order valence-electron chi connectivity index (χ2n) is 3.87. The van der Waals surface area contributed by atoms with Crippen molar-refractivity contribution in [1.29, 1.82) is 0 Å².